The van der Waals surface area contributed by atoms with Gasteiger partial charge in [0, 0.05) is 29.4 Å². The highest BCUT2D eigenvalue weighted by molar-refractivity contribution is 9.10. The Morgan fingerprint density at radius 1 is 1.39 bits per heavy atom. The van der Waals surface area contributed by atoms with E-state index in [9.17, 15) is 4.79 Å². The zero-order valence-corrected chi connectivity index (χ0v) is 14.4. The van der Waals surface area contributed by atoms with Crippen LogP contribution in [0.1, 0.15) is 18.4 Å². The molecule has 0 aliphatic carbocycles. The van der Waals surface area contributed by atoms with Crippen molar-refractivity contribution in [1.82, 2.24) is 10.2 Å². The van der Waals surface area contributed by atoms with Crippen molar-refractivity contribution in [2.45, 2.75) is 19.8 Å². The lowest BCUT2D eigenvalue weighted by Crippen LogP contribution is -2.47. The Morgan fingerprint density at radius 2 is 2.13 bits per heavy atom. The molecule has 3 rings (SSSR count). The highest BCUT2D eigenvalue weighted by atomic mass is 79.9. The predicted molar refractivity (Wildman–Crippen MR) is 94.7 cm³/mol. The lowest BCUT2D eigenvalue weighted by Gasteiger charge is -2.24. The highest BCUT2D eigenvalue weighted by Gasteiger charge is 2.27. The van der Waals surface area contributed by atoms with Gasteiger partial charge in [-0.2, -0.15) is 4.99 Å². The average Bonchev–Trinajstić information content (AvgIpc) is 3.02. The van der Waals surface area contributed by atoms with Crippen LogP contribution in [0.3, 0.4) is 0 Å². The number of hydrogen-bond acceptors (Lipinski definition) is 4. The number of benzene rings is 1. The molecule has 0 saturated carbocycles. The maximum atomic E-state index is 12.3. The largest absolute Gasteiger partial charge is 0.361 e. The summed E-state index contributed by atoms with van der Waals surface area (Å²) in [5.74, 6) is 0.182. The number of anilines is 1. The second kappa shape index (κ2) is 6.54. The van der Waals surface area contributed by atoms with Gasteiger partial charge in [-0.3, -0.25) is 15.5 Å². The van der Waals surface area contributed by atoms with E-state index in [4.69, 9.17) is 5.41 Å². The van der Waals surface area contributed by atoms with Crippen molar-refractivity contribution in [2.24, 2.45) is 4.99 Å². The fourth-order valence-corrected chi connectivity index (χ4v) is 3.10. The van der Waals surface area contributed by atoms with Gasteiger partial charge in [0.15, 0.2) is 5.84 Å². The minimum atomic E-state index is -0.297. The fraction of sp³-hybridized carbons (Fsp3) is 0.312. The van der Waals surface area contributed by atoms with Gasteiger partial charge in [0.2, 0.25) is 5.96 Å². The molecule has 0 aromatic heterocycles. The smallest absolute Gasteiger partial charge is 0.263 e. The van der Waals surface area contributed by atoms with Crippen molar-refractivity contribution in [2.75, 3.05) is 18.4 Å². The summed E-state index contributed by atoms with van der Waals surface area (Å²) in [4.78, 5) is 18.5. The molecule has 1 saturated heterocycles. The number of halogens is 1. The molecule has 2 aliphatic heterocycles. The molecule has 2 heterocycles. The quantitative estimate of drug-likeness (QED) is 0.695. The number of amidine groups is 1. The first kappa shape index (κ1) is 15.7. The van der Waals surface area contributed by atoms with Crippen molar-refractivity contribution >= 4 is 39.3 Å². The number of hydrogen-bond donors (Lipinski definition) is 3. The maximum Gasteiger partial charge on any atom is 0.263 e. The molecule has 1 aromatic carbocycles. The molecule has 2 aliphatic rings. The normalized spacial score (nSPS) is 19.8. The summed E-state index contributed by atoms with van der Waals surface area (Å²) in [5.41, 5.74) is 2.16. The molecule has 0 radical (unpaired) electrons. The molecule has 1 fully saturated rings. The first-order valence-electron chi connectivity index (χ1n) is 7.51. The van der Waals surface area contributed by atoms with Crippen molar-refractivity contribution < 1.29 is 4.79 Å². The number of guanidine groups is 1. The van der Waals surface area contributed by atoms with Gasteiger partial charge in [-0.05, 0) is 43.5 Å². The summed E-state index contributed by atoms with van der Waals surface area (Å²) < 4.78 is 0.996. The topological polar surface area (TPSA) is 80.6 Å². The number of likely N-dealkylation sites (tertiary alicyclic amines) is 1. The minimum Gasteiger partial charge on any atom is -0.361 e. The van der Waals surface area contributed by atoms with E-state index >= 15 is 0 Å². The number of carbonyl (C=O) groups is 1. The predicted octanol–water partition coefficient (Wildman–Crippen LogP) is 2.61. The summed E-state index contributed by atoms with van der Waals surface area (Å²) in [6.07, 6.45) is 3.73. The van der Waals surface area contributed by atoms with E-state index in [1.54, 1.807) is 0 Å². The summed E-state index contributed by atoms with van der Waals surface area (Å²) >= 11 is 3.42. The molecule has 6 nitrogen and oxygen atoms in total. The van der Waals surface area contributed by atoms with Crippen LogP contribution in [0.15, 0.2) is 39.4 Å². The standard InChI is InChI=1S/C16H18BrN5O/c1-10-8-11(17)4-5-13(10)19-9-12-14(18)20-16(21-15(12)23)22-6-2-3-7-22/h4-5,8-9,19H,2-3,6-7H2,1H3,(H2,18,20,21,23)/b12-9+. The number of amides is 1. The molecule has 0 bridgehead atoms. The fourth-order valence-electron chi connectivity index (χ4n) is 2.62. The molecular weight excluding hydrogens is 358 g/mol. The minimum absolute atomic E-state index is 0.0158. The second-order valence-corrected chi connectivity index (χ2v) is 6.51. The van der Waals surface area contributed by atoms with Crippen LogP contribution in [0.5, 0.6) is 0 Å². The van der Waals surface area contributed by atoms with Crippen LogP contribution in [0.2, 0.25) is 0 Å². The highest BCUT2D eigenvalue weighted by Crippen LogP contribution is 2.20. The Hall–Kier alpha value is -2.15. The van der Waals surface area contributed by atoms with Gasteiger partial charge >= 0.3 is 0 Å². The Balaban J connectivity index is 1.77. The van der Waals surface area contributed by atoms with Crippen LogP contribution >= 0.6 is 15.9 Å². The van der Waals surface area contributed by atoms with Gasteiger partial charge in [-0.1, -0.05) is 15.9 Å². The summed E-state index contributed by atoms with van der Waals surface area (Å²) in [7, 11) is 0. The van der Waals surface area contributed by atoms with Crippen molar-refractivity contribution in [3.63, 3.8) is 0 Å². The SMILES string of the molecule is Cc1cc(Br)ccc1N/C=C1\C(=N)N=C(N2CCCC2)NC1=O. The monoisotopic (exact) mass is 375 g/mol. The number of nitrogens with zero attached hydrogens (tertiary/aromatic N) is 2. The zero-order valence-electron chi connectivity index (χ0n) is 12.8. The van der Waals surface area contributed by atoms with Crippen molar-refractivity contribution in [3.05, 3.63) is 40.0 Å². The summed E-state index contributed by atoms with van der Waals surface area (Å²) in [5, 5.41) is 13.9. The third-order valence-electron chi connectivity index (χ3n) is 3.91. The van der Waals surface area contributed by atoms with Gasteiger partial charge in [0.05, 0.1) is 5.57 Å². The van der Waals surface area contributed by atoms with Gasteiger partial charge in [0.1, 0.15) is 0 Å². The molecular formula is C16H18BrN5O. The Bertz CT molecular complexity index is 719. The first-order valence-corrected chi connectivity index (χ1v) is 8.30. The molecule has 0 unspecified atom stereocenters. The Labute approximate surface area is 143 Å². The van der Waals surface area contributed by atoms with Crippen molar-refractivity contribution in [1.29, 1.82) is 5.41 Å². The average molecular weight is 376 g/mol. The lowest BCUT2D eigenvalue weighted by atomic mass is 10.2. The van der Waals surface area contributed by atoms with Gasteiger partial charge < -0.3 is 10.2 Å². The molecule has 1 aromatic rings. The third kappa shape index (κ3) is 3.44. The number of carbonyl (C=O) groups excluding carboxylic acids is 1. The molecule has 3 N–H and O–H groups in total. The van der Waals surface area contributed by atoms with E-state index in [2.05, 4.69) is 31.6 Å². The summed E-state index contributed by atoms with van der Waals surface area (Å²) in [6.45, 7) is 3.73. The van der Waals surface area contributed by atoms with E-state index < -0.39 is 0 Å². The van der Waals surface area contributed by atoms with Crippen LogP contribution in [-0.2, 0) is 4.79 Å². The van der Waals surface area contributed by atoms with E-state index in [0.717, 1.165) is 41.7 Å². The van der Waals surface area contributed by atoms with Crippen LogP contribution in [0.4, 0.5) is 5.69 Å². The third-order valence-corrected chi connectivity index (χ3v) is 4.40. The first-order chi connectivity index (χ1) is 11.0. The molecule has 0 spiro atoms. The van der Waals surface area contributed by atoms with E-state index in [1.165, 1.54) is 6.20 Å². The number of nitrogens with one attached hydrogen (secondary N) is 3. The summed E-state index contributed by atoms with van der Waals surface area (Å²) in [6, 6.07) is 5.82. The van der Waals surface area contributed by atoms with Crippen LogP contribution in [0, 0.1) is 12.3 Å². The second-order valence-electron chi connectivity index (χ2n) is 5.59. The van der Waals surface area contributed by atoms with E-state index in [0.29, 0.717) is 5.96 Å². The van der Waals surface area contributed by atoms with Crippen molar-refractivity contribution in [3.8, 4) is 0 Å². The molecule has 7 heteroatoms. The van der Waals surface area contributed by atoms with Crippen LogP contribution in [-0.4, -0.2) is 35.7 Å². The lowest BCUT2D eigenvalue weighted by molar-refractivity contribution is -0.115. The van der Waals surface area contributed by atoms with Gasteiger partial charge in [0.25, 0.3) is 5.91 Å². The zero-order chi connectivity index (χ0) is 16.4. The van der Waals surface area contributed by atoms with Crippen LogP contribution in [0.25, 0.3) is 0 Å². The van der Waals surface area contributed by atoms with E-state index in [1.807, 2.05) is 30.0 Å². The van der Waals surface area contributed by atoms with Crippen LogP contribution < -0.4 is 10.6 Å². The molecule has 0 atom stereocenters. The van der Waals surface area contributed by atoms with Gasteiger partial charge in [-0.25, -0.2) is 0 Å². The number of rotatable bonds is 2. The number of aliphatic imine (C=N–C) groups is 1. The maximum absolute atomic E-state index is 12.3. The van der Waals surface area contributed by atoms with Gasteiger partial charge in [-0.15, -0.1) is 0 Å². The molecule has 1 amide bonds. The molecule has 23 heavy (non-hydrogen) atoms. The van der Waals surface area contributed by atoms with E-state index in [-0.39, 0.29) is 17.3 Å². The Morgan fingerprint density at radius 3 is 2.78 bits per heavy atom. The Kier molecular flexibility index (Phi) is 4.47. The molecule has 120 valence electrons. The number of aryl methyl sites for hydroxylation is 1.